The van der Waals surface area contributed by atoms with Crippen molar-refractivity contribution >= 4 is 55.5 Å². The molecule has 2 N–H and O–H groups in total. The molecule has 0 spiro atoms. The minimum atomic E-state index is -3.13. The number of pyridine rings is 1. The Labute approximate surface area is 305 Å². The van der Waals surface area contributed by atoms with Crippen LogP contribution in [-0.2, 0) is 24.1 Å². The van der Waals surface area contributed by atoms with E-state index in [0.717, 1.165) is 61.3 Å². The fourth-order valence-corrected chi connectivity index (χ4v) is 8.58. The van der Waals surface area contributed by atoms with E-state index >= 15 is 4.39 Å². The van der Waals surface area contributed by atoms with E-state index in [1.807, 2.05) is 24.0 Å². The number of hydrogen-bond acceptors (Lipinski definition) is 12. The number of amides is 1. The number of rotatable bonds is 14. The van der Waals surface area contributed by atoms with E-state index in [0.29, 0.717) is 49.4 Å². The van der Waals surface area contributed by atoms with Gasteiger partial charge in [-0.2, -0.15) is 4.98 Å². The van der Waals surface area contributed by atoms with E-state index in [1.54, 1.807) is 18.5 Å². The highest BCUT2D eigenvalue weighted by molar-refractivity contribution is 7.90. The summed E-state index contributed by atoms with van der Waals surface area (Å²) in [5.41, 5.74) is 2.46. The predicted molar refractivity (Wildman–Crippen MR) is 203 cm³/mol. The SMILES string of the molecule is C=CC(=O)Nc1cc(N2C[C@H](CS(C)(=O)=O)[C@H]2C)c2cnc(Nc3ccnc(N4CC[C@@H](OCCCN5CCOCC5)[C@@H](F)C4)n3)cc2c1C(C)C. The monoisotopic (exact) mass is 738 g/mol. The Morgan fingerprint density at radius 2 is 1.94 bits per heavy atom. The lowest BCUT2D eigenvalue weighted by Crippen LogP contribution is -2.57. The van der Waals surface area contributed by atoms with Gasteiger partial charge in [-0.15, -0.1) is 0 Å². The quantitative estimate of drug-likeness (QED) is 0.177. The van der Waals surface area contributed by atoms with Crippen LogP contribution in [0.1, 0.15) is 45.1 Å². The molecule has 282 valence electrons. The lowest BCUT2D eigenvalue weighted by molar-refractivity contribution is -0.111. The average Bonchev–Trinajstić information content (AvgIpc) is 3.11. The maximum atomic E-state index is 15.3. The number of morpholine rings is 1. The maximum Gasteiger partial charge on any atom is 0.247 e. The summed E-state index contributed by atoms with van der Waals surface area (Å²) in [5, 5.41) is 8.09. The number of ether oxygens (including phenoxy) is 2. The van der Waals surface area contributed by atoms with Crippen molar-refractivity contribution in [2.45, 2.75) is 57.8 Å². The molecule has 0 saturated carbocycles. The molecule has 2 aromatic heterocycles. The zero-order valence-corrected chi connectivity index (χ0v) is 31.4. The van der Waals surface area contributed by atoms with Crippen molar-refractivity contribution in [2.75, 3.05) is 91.5 Å². The van der Waals surface area contributed by atoms with Gasteiger partial charge in [-0.25, -0.2) is 22.8 Å². The first-order valence-electron chi connectivity index (χ1n) is 18.2. The summed E-state index contributed by atoms with van der Waals surface area (Å²) in [6, 6.07) is 5.61. The zero-order chi connectivity index (χ0) is 37.0. The van der Waals surface area contributed by atoms with Gasteiger partial charge in [0.15, 0.2) is 0 Å². The number of piperidine rings is 1. The summed E-state index contributed by atoms with van der Waals surface area (Å²) in [4.78, 5) is 32.8. The highest BCUT2D eigenvalue weighted by Crippen LogP contribution is 2.43. The van der Waals surface area contributed by atoms with E-state index < -0.39 is 22.1 Å². The normalized spacial score (nSPS) is 22.7. The Hall–Kier alpha value is -3.92. The van der Waals surface area contributed by atoms with Gasteiger partial charge in [0.2, 0.25) is 11.9 Å². The third-order valence-corrected chi connectivity index (χ3v) is 11.2. The van der Waals surface area contributed by atoms with Crippen LogP contribution in [0.15, 0.2) is 43.2 Å². The van der Waals surface area contributed by atoms with E-state index in [1.165, 1.54) is 12.3 Å². The molecule has 3 aromatic rings. The molecule has 13 nitrogen and oxygen atoms in total. The lowest BCUT2D eigenvalue weighted by Gasteiger charge is -2.48. The predicted octanol–water partition coefficient (Wildman–Crippen LogP) is 4.54. The number of alkyl halides is 1. The summed E-state index contributed by atoms with van der Waals surface area (Å²) < 4.78 is 50.8. The van der Waals surface area contributed by atoms with Crippen LogP contribution in [0.25, 0.3) is 10.8 Å². The molecule has 1 amide bonds. The number of sulfone groups is 1. The second-order valence-corrected chi connectivity index (χ2v) is 16.6. The van der Waals surface area contributed by atoms with Gasteiger partial charge in [0, 0.05) is 86.7 Å². The van der Waals surface area contributed by atoms with Gasteiger partial charge < -0.3 is 29.9 Å². The molecule has 0 bridgehead atoms. The number of fused-ring (bicyclic) bond motifs is 1. The van der Waals surface area contributed by atoms with E-state index in [2.05, 4.69) is 45.8 Å². The van der Waals surface area contributed by atoms with Gasteiger partial charge in [0.1, 0.15) is 27.6 Å². The number of aromatic nitrogens is 3. The summed E-state index contributed by atoms with van der Waals surface area (Å²) in [6.45, 7) is 15.9. The molecule has 6 rings (SSSR count). The number of benzene rings is 1. The van der Waals surface area contributed by atoms with Crippen LogP contribution >= 0.6 is 0 Å². The molecule has 3 aliphatic heterocycles. The maximum absolute atomic E-state index is 15.3. The molecule has 0 unspecified atom stereocenters. The Morgan fingerprint density at radius 1 is 1.15 bits per heavy atom. The van der Waals surface area contributed by atoms with Crippen LogP contribution in [-0.4, -0.2) is 124 Å². The summed E-state index contributed by atoms with van der Waals surface area (Å²) >= 11 is 0. The second-order valence-electron chi connectivity index (χ2n) is 14.4. The summed E-state index contributed by atoms with van der Waals surface area (Å²) in [6.07, 6.45) is 5.75. The molecule has 0 radical (unpaired) electrons. The van der Waals surface area contributed by atoms with Gasteiger partial charge in [-0.1, -0.05) is 20.4 Å². The lowest BCUT2D eigenvalue weighted by atomic mass is 9.88. The van der Waals surface area contributed by atoms with Crippen LogP contribution in [0.5, 0.6) is 0 Å². The van der Waals surface area contributed by atoms with Crippen LogP contribution in [0.3, 0.4) is 0 Å². The number of halogens is 1. The standard InChI is InChI=1S/C37H51FN8O5S/c1-6-35(47)41-30-19-31(46-21-26(25(46)4)23-52(5,48)49)28-20-40-34(18-27(28)36(30)24(2)3)42-33-8-10-39-37(43-33)45-12-9-32(29(38)22-45)51-15-7-11-44-13-16-50-17-14-44/h6,8,10,18-20,24-26,29,32H,1,7,9,11-17,21-23H2,2-5H3,(H,41,47)(H,39,40,42,43)/t25-,26-,29+,32-/m1/s1. The first kappa shape index (κ1) is 37.8. The van der Waals surface area contributed by atoms with Crippen LogP contribution in [0.2, 0.25) is 0 Å². The first-order valence-corrected chi connectivity index (χ1v) is 20.2. The van der Waals surface area contributed by atoms with Crippen molar-refractivity contribution in [1.82, 2.24) is 19.9 Å². The van der Waals surface area contributed by atoms with Gasteiger partial charge in [0.25, 0.3) is 0 Å². The number of carbonyl (C=O) groups excluding carboxylic acids is 1. The average molecular weight is 739 g/mol. The van der Waals surface area contributed by atoms with E-state index in [-0.39, 0.29) is 36.1 Å². The summed E-state index contributed by atoms with van der Waals surface area (Å²) in [7, 11) is -3.13. The molecule has 52 heavy (non-hydrogen) atoms. The topological polar surface area (TPSA) is 142 Å². The summed E-state index contributed by atoms with van der Waals surface area (Å²) in [5.74, 6) is 1.30. The van der Waals surface area contributed by atoms with Gasteiger partial charge in [-0.05, 0) is 60.9 Å². The Kier molecular flexibility index (Phi) is 11.9. The van der Waals surface area contributed by atoms with Crippen LogP contribution < -0.4 is 20.4 Å². The number of nitrogens with zero attached hydrogens (tertiary/aromatic N) is 6. The minimum absolute atomic E-state index is 0.00142. The minimum Gasteiger partial charge on any atom is -0.379 e. The number of carbonyl (C=O) groups is 1. The Bertz CT molecular complexity index is 1860. The van der Waals surface area contributed by atoms with Crippen molar-refractivity contribution in [3.05, 3.63) is 48.8 Å². The van der Waals surface area contributed by atoms with Gasteiger partial charge >= 0.3 is 0 Å². The molecule has 0 aliphatic carbocycles. The van der Waals surface area contributed by atoms with E-state index in [4.69, 9.17) is 19.4 Å². The zero-order valence-electron chi connectivity index (χ0n) is 30.6. The smallest absolute Gasteiger partial charge is 0.247 e. The first-order chi connectivity index (χ1) is 24.9. The van der Waals surface area contributed by atoms with Gasteiger partial charge in [0.05, 0.1) is 31.6 Å². The molecule has 3 fully saturated rings. The molecule has 15 heteroatoms. The molecule has 5 heterocycles. The Morgan fingerprint density at radius 3 is 2.63 bits per heavy atom. The van der Waals surface area contributed by atoms with Gasteiger partial charge in [-0.3, -0.25) is 9.69 Å². The molecular weight excluding hydrogens is 688 g/mol. The van der Waals surface area contributed by atoms with Crippen molar-refractivity contribution in [3.63, 3.8) is 0 Å². The fourth-order valence-electron chi connectivity index (χ4n) is 7.42. The molecule has 1 aromatic carbocycles. The highest BCUT2D eigenvalue weighted by atomic mass is 32.2. The third kappa shape index (κ3) is 8.99. The van der Waals surface area contributed by atoms with Crippen molar-refractivity contribution < 1.29 is 27.1 Å². The van der Waals surface area contributed by atoms with Crippen LogP contribution in [0.4, 0.5) is 33.3 Å². The molecular formula is C37H51FN8O5S. The third-order valence-electron chi connectivity index (χ3n) is 10.2. The van der Waals surface area contributed by atoms with Crippen molar-refractivity contribution in [2.24, 2.45) is 5.92 Å². The molecule has 4 atom stereocenters. The molecule has 3 aliphatic rings. The highest BCUT2D eigenvalue weighted by Gasteiger charge is 2.39. The second kappa shape index (κ2) is 16.4. The van der Waals surface area contributed by atoms with Crippen LogP contribution in [0, 0.1) is 5.92 Å². The largest absolute Gasteiger partial charge is 0.379 e. The van der Waals surface area contributed by atoms with Crippen molar-refractivity contribution in [1.29, 1.82) is 0 Å². The molecule has 3 saturated heterocycles. The number of anilines is 5. The number of nitrogens with one attached hydrogen (secondary N) is 2. The van der Waals surface area contributed by atoms with Crippen molar-refractivity contribution in [3.8, 4) is 0 Å². The fraction of sp³-hybridized carbons (Fsp3) is 0.568. The number of hydrogen-bond donors (Lipinski definition) is 2. The Balaban J connectivity index is 1.18. The van der Waals surface area contributed by atoms with E-state index in [9.17, 15) is 13.2 Å².